The highest BCUT2D eigenvalue weighted by molar-refractivity contribution is 5.57. The summed E-state index contributed by atoms with van der Waals surface area (Å²) in [7, 11) is 3.26. The zero-order valence-corrected chi connectivity index (χ0v) is 12.7. The van der Waals surface area contributed by atoms with E-state index in [4.69, 9.17) is 9.15 Å². The van der Waals surface area contributed by atoms with E-state index in [0.29, 0.717) is 18.7 Å². The molecule has 0 spiro atoms. The molecule has 0 radical (unpaired) electrons. The molecule has 0 atom stereocenters. The van der Waals surface area contributed by atoms with Crippen molar-refractivity contribution in [3.8, 4) is 11.5 Å². The Morgan fingerprint density at radius 1 is 1.41 bits per heavy atom. The Kier molecular flexibility index (Phi) is 4.67. The van der Waals surface area contributed by atoms with Gasteiger partial charge < -0.3 is 14.3 Å². The van der Waals surface area contributed by atoms with Crippen LogP contribution in [0.15, 0.2) is 28.9 Å². The Hall–Kier alpha value is -2.54. The Labute approximate surface area is 127 Å². The van der Waals surface area contributed by atoms with E-state index < -0.39 is 10.7 Å². The molecule has 0 bridgehead atoms. The number of nitro benzene ring substituents is 1. The van der Waals surface area contributed by atoms with Gasteiger partial charge in [-0.3, -0.25) is 15.0 Å². The molecule has 2 aromatic rings. The van der Waals surface area contributed by atoms with Gasteiger partial charge in [0.15, 0.2) is 5.75 Å². The minimum absolute atomic E-state index is 0.0945. The molecule has 2 rings (SSSR count). The van der Waals surface area contributed by atoms with Gasteiger partial charge in [0, 0.05) is 24.7 Å². The third-order valence-corrected chi connectivity index (χ3v) is 3.39. The van der Waals surface area contributed by atoms with Crippen LogP contribution in [0.1, 0.15) is 16.9 Å². The molecule has 7 heteroatoms. The maximum absolute atomic E-state index is 11.0. The first-order valence-electron chi connectivity index (χ1n) is 6.68. The van der Waals surface area contributed by atoms with Gasteiger partial charge in [0.05, 0.1) is 18.3 Å². The van der Waals surface area contributed by atoms with Crippen LogP contribution in [0.2, 0.25) is 0 Å². The SMILES string of the molecule is COc1cc(CN(C)Cc2ccoc2C)cc([N+](=O)[O-])c1O. The van der Waals surface area contributed by atoms with Crippen LogP contribution in [0, 0.1) is 17.0 Å². The largest absolute Gasteiger partial charge is 0.500 e. The molecule has 0 unspecified atom stereocenters. The molecule has 0 fully saturated rings. The molecule has 1 heterocycles. The summed E-state index contributed by atoms with van der Waals surface area (Å²) >= 11 is 0. The maximum Gasteiger partial charge on any atom is 0.314 e. The van der Waals surface area contributed by atoms with E-state index in [1.54, 1.807) is 12.3 Å². The van der Waals surface area contributed by atoms with Gasteiger partial charge in [-0.25, -0.2) is 0 Å². The average molecular weight is 306 g/mol. The molecular formula is C15H18N2O5. The van der Waals surface area contributed by atoms with Crippen LogP contribution < -0.4 is 4.74 Å². The summed E-state index contributed by atoms with van der Waals surface area (Å²) in [6, 6.07) is 4.85. The number of nitrogens with zero attached hydrogens (tertiary/aromatic N) is 2. The highest BCUT2D eigenvalue weighted by Crippen LogP contribution is 2.37. The Morgan fingerprint density at radius 3 is 2.68 bits per heavy atom. The van der Waals surface area contributed by atoms with Crippen LogP contribution in [0.4, 0.5) is 5.69 Å². The van der Waals surface area contributed by atoms with E-state index in [1.807, 2.05) is 24.9 Å². The van der Waals surface area contributed by atoms with Crippen LogP contribution in [-0.4, -0.2) is 29.1 Å². The first kappa shape index (κ1) is 15.8. The van der Waals surface area contributed by atoms with Crippen LogP contribution in [-0.2, 0) is 13.1 Å². The number of aromatic hydroxyl groups is 1. The van der Waals surface area contributed by atoms with Crippen molar-refractivity contribution >= 4 is 5.69 Å². The van der Waals surface area contributed by atoms with Gasteiger partial charge >= 0.3 is 5.69 Å². The Bertz CT molecular complexity index is 681. The lowest BCUT2D eigenvalue weighted by Gasteiger charge is -2.17. The highest BCUT2D eigenvalue weighted by Gasteiger charge is 2.20. The lowest BCUT2D eigenvalue weighted by Crippen LogP contribution is -2.17. The minimum Gasteiger partial charge on any atom is -0.500 e. The smallest absolute Gasteiger partial charge is 0.314 e. The summed E-state index contributed by atoms with van der Waals surface area (Å²) < 4.78 is 10.2. The van der Waals surface area contributed by atoms with E-state index in [-0.39, 0.29) is 11.4 Å². The molecule has 22 heavy (non-hydrogen) atoms. The van der Waals surface area contributed by atoms with Crippen LogP contribution in [0.5, 0.6) is 11.5 Å². The highest BCUT2D eigenvalue weighted by atomic mass is 16.6. The summed E-state index contributed by atoms with van der Waals surface area (Å²) in [5.74, 6) is 0.489. The second-order valence-corrected chi connectivity index (χ2v) is 5.10. The number of furan rings is 1. The summed E-state index contributed by atoms with van der Waals surface area (Å²) in [6.45, 7) is 3.01. The van der Waals surface area contributed by atoms with Crippen molar-refractivity contribution in [2.45, 2.75) is 20.0 Å². The molecule has 118 valence electrons. The van der Waals surface area contributed by atoms with Crippen molar-refractivity contribution in [1.82, 2.24) is 4.90 Å². The number of methoxy groups -OCH3 is 1. The Morgan fingerprint density at radius 2 is 2.14 bits per heavy atom. The predicted molar refractivity (Wildman–Crippen MR) is 79.9 cm³/mol. The average Bonchev–Trinajstić information content (AvgIpc) is 2.85. The lowest BCUT2D eigenvalue weighted by atomic mass is 10.1. The van der Waals surface area contributed by atoms with Gasteiger partial charge in [-0.15, -0.1) is 0 Å². The molecule has 7 nitrogen and oxygen atoms in total. The number of aryl methyl sites for hydroxylation is 1. The second kappa shape index (κ2) is 6.48. The van der Waals surface area contributed by atoms with E-state index in [2.05, 4.69) is 0 Å². The molecule has 0 amide bonds. The van der Waals surface area contributed by atoms with Crippen LogP contribution >= 0.6 is 0 Å². The molecule has 0 aliphatic heterocycles. The minimum atomic E-state index is -0.623. The van der Waals surface area contributed by atoms with Crippen LogP contribution in [0.3, 0.4) is 0 Å². The standard InChI is InChI=1S/C15H18N2O5/c1-10-12(4-5-22-10)9-16(2)8-11-6-13(17(19)20)15(18)14(7-11)21-3/h4-7,18H,8-9H2,1-3H3. The normalized spacial score (nSPS) is 10.9. The molecule has 1 N–H and O–H groups in total. The van der Waals surface area contributed by atoms with Crippen LogP contribution in [0.25, 0.3) is 0 Å². The van der Waals surface area contributed by atoms with E-state index >= 15 is 0 Å². The summed E-state index contributed by atoms with van der Waals surface area (Å²) in [4.78, 5) is 12.4. The van der Waals surface area contributed by atoms with Crippen molar-refractivity contribution in [2.75, 3.05) is 14.2 Å². The first-order chi connectivity index (χ1) is 10.4. The number of ether oxygens (including phenoxy) is 1. The van der Waals surface area contributed by atoms with Crippen molar-refractivity contribution in [3.63, 3.8) is 0 Å². The molecule has 0 saturated heterocycles. The zero-order valence-electron chi connectivity index (χ0n) is 12.7. The summed E-state index contributed by atoms with van der Waals surface area (Å²) in [5.41, 5.74) is 1.38. The fourth-order valence-electron chi connectivity index (χ4n) is 2.27. The number of hydrogen-bond donors (Lipinski definition) is 1. The molecule has 0 aliphatic carbocycles. The first-order valence-corrected chi connectivity index (χ1v) is 6.68. The van der Waals surface area contributed by atoms with E-state index in [1.165, 1.54) is 13.2 Å². The molecule has 1 aromatic heterocycles. The van der Waals surface area contributed by atoms with E-state index in [0.717, 1.165) is 11.3 Å². The fraction of sp³-hybridized carbons (Fsp3) is 0.333. The predicted octanol–water partition coefficient (Wildman–Crippen LogP) is 2.84. The third-order valence-electron chi connectivity index (χ3n) is 3.39. The number of phenolic OH excluding ortho intramolecular Hbond substituents is 1. The quantitative estimate of drug-likeness (QED) is 0.652. The van der Waals surface area contributed by atoms with E-state index in [9.17, 15) is 15.2 Å². The fourth-order valence-corrected chi connectivity index (χ4v) is 2.27. The zero-order chi connectivity index (χ0) is 16.3. The number of benzene rings is 1. The molecule has 0 aliphatic rings. The Balaban J connectivity index is 2.20. The maximum atomic E-state index is 11.0. The van der Waals surface area contributed by atoms with Crippen molar-refractivity contribution in [3.05, 3.63) is 51.5 Å². The summed E-state index contributed by atoms with van der Waals surface area (Å²) in [5, 5.41) is 20.8. The van der Waals surface area contributed by atoms with Crippen molar-refractivity contribution in [1.29, 1.82) is 0 Å². The number of hydrogen-bond acceptors (Lipinski definition) is 6. The van der Waals surface area contributed by atoms with Gasteiger partial charge in [-0.1, -0.05) is 0 Å². The topological polar surface area (TPSA) is 89.0 Å². The van der Waals surface area contributed by atoms with Gasteiger partial charge in [-0.2, -0.15) is 0 Å². The summed E-state index contributed by atoms with van der Waals surface area (Å²) in [6.07, 6.45) is 1.63. The molecular weight excluding hydrogens is 288 g/mol. The monoisotopic (exact) mass is 306 g/mol. The van der Waals surface area contributed by atoms with Gasteiger partial charge in [0.2, 0.25) is 5.75 Å². The third kappa shape index (κ3) is 3.37. The van der Waals surface area contributed by atoms with Gasteiger partial charge in [0.25, 0.3) is 0 Å². The molecule has 1 aromatic carbocycles. The van der Waals surface area contributed by atoms with Gasteiger partial charge in [-0.05, 0) is 31.7 Å². The number of phenols is 1. The second-order valence-electron chi connectivity index (χ2n) is 5.10. The molecule has 0 saturated carbocycles. The number of nitro groups is 1. The lowest BCUT2D eigenvalue weighted by molar-refractivity contribution is -0.386. The van der Waals surface area contributed by atoms with Gasteiger partial charge in [0.1, 0.15) is 5.76 Å². The van der Waals surface area contributed by atoms with Crippen molar-refractivity contribution < 1.29 is 19.2 Å². The van der Waals surface area contributed by atoms with Crippen molar-refractivity contribution in [2.24, 2.45) is 0 Å². The number of rotatable bonds is 6.